The van der Waals surface area contributed by atoms with Gasteiger partial charge in [0.1, 0.15) is 0 Å². The molecule has 1 atom stereocenters. The van der Waals surface area contributed by atoms with Gasteiger partial charge in [-0.05, 0) is 55.5 Å². The lowest BCUT2D eigenvalue weighted by Gasteiger charge is -2.34. The van der Waals surface area contributed by atoms with Gasteiger partial charge in [-0.1, -0.05) is 22.0 Å². The fraction of sp³-hybridized carbons (Fsp3) is 0.400. The maximum absolute atomic E-state index is 12.8. The molecule has 1 aliphatic rings. The number of likely N-dealkylation sites (tertiary alicyclic amines) is 1. The third-order valence-electron chi connectivity index (χ3n) is 5.11. The molecule has 2 heterocycles. The third-order valence-corrected chi connectivity index (χ3v) is 6.68. The van der Waals surface area contributed by atoms with Crippen LogP contribution in [-0.2, 0) is 4.79 Å². The Hall–Kier alpha value is -1.66. The molecule has 0 saturated carbocycles. The Morgan fingerprint density at radius 1 is 1.19 bits per heavy atom. The highest BCUT2D eigenvalue weighted by Crippen LogP contribution is 2.28. The first-order valence-corrected chi connectivity index (χ1v) is 10.5. The first-order chi connectivity index (χ1) is 12.5. The summed E-state index contributed by atoms with van der Waals surface area (Å²) in [5.41, 5.74) is 0.696. The lowest BCUT2D eigenvalue weighted by molar-refractivity contribution is -0.137. The number of amides is 2. The van der Waals surface area contributed by atoms with Gasteiger partial charge >= 0.3 is 0 Å². The van der Waals surface area contributed by atoms with Crippen LogP contribution >= 0.6 is 27.3 Å². The van der Waals surface area contributed by atoms with E-state index in [1.807, 2.05) is 52.6 Å². The van der Waals surface area contributed by atoms with Gasteiger partial charge in [-0.25, -0.2) is 0 Å². The van der Waals surface area contributed by atoms with Crippen molar-refractivity contribution in [2.75, 3.05) is 20.1 Å². The summed E-state index contributed by atoms with van der Waals surface area (Å²) in [5, 5.41) is 2.04. The molecule has 26 heavy (non-hydrogen) atoms. The fourth-order valence-corrected chi connectivity index (χ4v) is 4.39. The number of carbonyl (C=O) groups is 2. The SMILES string of the molecule is CC(c1cccs1)N(C)C(=O)C1CCN(C(=O)c2ccc(Br)cc2)CC1. The van der Waals surface area contributed by atoms with Gasteiger partial charge in [-0.2, -0.15) is 0 Å². The van der Waals surface area contributed by atoms with Crippen LogP contribution in [0.15, 0.2) is 46.3 Å². The summed E-state index contributed by atoms with van der Waals surface area (Å²) in [6.07, 6.45) is 1.45. The van der Waals surface area contributed by atoms with E-state index in [2.05, 4.69) is 28.9 Å². The molecule has 2 aromatic rings. The molecule has 3 rings (SSSR count). The Kier molecular flexibility index (Phi) is 6.14. The van der Waals surface area contributed by atoms with Gasteiger partial charge in [0.05, 0.1) is 6.04 Å². The molecule has 138 valence electrons. The second kappa shape index (κ2) is 8.35. The molecule has 0 spiro atoms. The molecule has 1 aromatic carbocycles. The van der Waals surface area contributed by atoms with Crippen LogP contribution in [0.5, 0.6) is 0 Å². The van der Waals surface area contributed by atoms with E-state index in [1.54, 1.807) is 11.3 Å². The van der Waals surface area contributed by atoms with Gasteiger partial charge in [0.25, 0.3) is 5.91 Å². The molecule has 0 radical (unpaired) electrons. The van der Waals surface area contributed by atoms with Crippen molar-refractivity contribution in [2.45, 2.75) is 25.8 Å². The highest BCUT2D eigenvalue weighted by molar-refractivity contribution is 9.10. The minimum Gasteiger partial charge on any atom is -0.339 e. The number of rotatable bonds is 4. The van der Waals surface area contributed by atoms with Crippen molar-refractivity contribution < 1.29 is 9.59 Å². The molecule has 1 unspecified atom stereocenters. The molecule has 4 nitrogen and oxygen atoms in total. The van der Waals surface area contributed by atoms with E-state index in [0.717, 1.165) is 17.3 Å². The van der Waals surface area contributed by atoms with Crippen LogP contribution in [0.1, 0.15) is 41.0 Å². The predicted octanol–water partition coefficient (Wildman–Crippen LogP) is 4.58. The van der Waals surface area contributed by atoms with Crippen molar-refractivity contribution in [1.82, 2.24) is 9.80 Å². The summed E-state index contributed by atoms with van der Waals surface area (Å²) in [7, 11) is 1.88. The van der Waals surface area contributed by atoms with Gasteiger partial charge in [-0.15, -0.1) is 11.3 Å². The number of hydrogen-bond acceptors (Lipinski definition) is 3. The summed E-state index contributed by atoms with van der Waals surface area (Å²) in [5.74, 6) is 0.224. The number of benzene rings is 1. The molecular formula is C20H23BrN2O2S. The van der Waals surface area contributed by atoms with Gasteiger partial charge in [0.2, 0.25) is 5.91 Å². The minimum absolute atomic E-state index is 0.00335. The van der Waals surface area contributed by atoms with E-state index >= 15 is 0 Å². The van der Waals surface area contributed by atoms with Crippen LogP contribution in [0.2, 0.25) is 0 Å². The van der Waals surface area contributed by atoms with E-state index in [-0.39, 0.29) is 23.8 Å². The number of halogens is 1. The number of thiophene rings is 1. The van der Waals surface area contributed by atoms with Crippen molar-refractivity contribution in [1.29, 1.82) is 0 Å². The number of nitrogens with zero attached hydrogens (tertiary/aromatic N) is 2. The summed E-state index contributed by atoms with van der Waals surface area (Å²) < 4.78 is 0.959. The van der Waals surface area contributed by atoms with E-state index in [0.29, 0.717) is 18.7 Å². The van der Waals surface area contributed by atoms with Crippen molar-refractivity contribution in [3.05, 3.63) is 56.7 Å². The van der Waals surface area contributed by atoms with Crippen LogP contribution in [0, 0.1) is 5.92 Å². The summed E-state index contributed by atoms with van der Waals surface area (Å²) in [6.45, 7) is 3.33. The lowest BCUT2D eigenvalue weighted by Crippen LogP contribution is -2.43. The summed E-state index contributed by atoms with van der Waals surface area (Å²) in [6, 6.07) is 11.6. The molecule has 1 aromatic heterocycles. The Balaban J connectivity index is 1.56. The van der Waals surface area contributed by atoms with E-state index in [9.17, 15) is 9.59 Å². The van der Waals surface area contributed by atoms with Crippen molar-refractivity contribution in [2.24, 2.45) is 5.92 Å². The number of piperidine rings is 1. The van der Waals surface area contributed by atoms with E-state index in [4.69, 9.17) is 0 Å². The molecular weight excluding hydrogens is 412 g/mol. The molecule has 1 fully saturated rings. The fourth-order valence-electron chi connectivity index (χ4n) is 3.30. The zero-order valence-electron chi connectivity index (χ0n) is 15.0. The van der Waals surface area contributed by atoms with Crippen LogP contribution < -0.4 is 0 Å². The number of carbonyl (C=O) groups excluding carboxylic acids is 2. The Morgan fingerprint density at radius 3 is 2.42 bits per heavy atom. The van der Waals surface area contributed by atoms with Crippen molar-refractivity contribution in [3.8, 4) is 0 Å². The highest BCUT2D eigenvalue weighted by Gasteiger charge is 2.31. The zero-order valence-corrected chi connectivity index (χ0v) is 17.4. The average Bonchev–Trinajstić information content (AvgIpc) is 3.21. The second-order valence-electron chi connectivity index (χ2n) is 6.71. The summed E-state index contributed by atoms with van der Waals surface area (Å²) in [4.78, 5) is 30.3. The standard InChI is InChI=1S/C20H23BrN2O2S/c1-14(18-4-3-13-26-18)22(2)19(24)16-9-11-23(12-10-16)20(25)15-5-7-17(21)8-6-15/h3-8,13-14,16H,9-12H2,1-2H3. The molecule has 0 aliphatic carbocycles. The van der Waals surface area contributed by atoms with Gasteiger partial charge in [0.15, 0.2) is 0 Å². The topological polar surface area (TPSA) is 40.6 Å². The van der Waals surface area contributed by atoms with Crippen molar-refractivity contribution in [3.63, 3.8) is 0 Å². The van der Waals surface area contributed by atoms with Gasteiger partial charge < -0.3 is 9.80 Å². The molecule has 2 amide bonds. The molecule has 6 heteroatoms. The van der Waals surface area contributed by atoms with E-state index < -0.39 is 0 Å². The first-order valence-electron chi connectivity index (χ1n) is 8.82. The lowest BCUT2D eigenvalue weighted by atomic mass is 9.94. The molecule has 0 bridgehead atoms. The Bertz CT molecular complexity index is 753. The zero-order chi connectivity index (χ0) is 18.7. The predicted molar refractivity (Wildman–Crippen MR) is 108 cm³/mol. The Labute approximate surface area is 166 Å². The maximum Gasteiger partial charge on any atom is 0.253 e. The third kappa shape index (κ3) is 4.18. The molecule has 1 aliphatic heterocycles. The van der Waals surface area contributed by atoms with Crippen LogP contribution in [-0.4, -0.2) is 41.8 Å². The smallest absolute Gasteiger partial charge is 0.253 e. The van der Waals surface area contributed by atoms with Crippen LogP contribution in [0.4, 0.5) is 0 Å². The number of hydrogen-bond donors (Lipinski definition) is 0. The normalized spacial score (nSPS) is 16.3. The highest BCUT2D eigenvalue weighted by atomic mass is 79.9. The van der Waals surface area contributed by atoms with Gasteiger partial charge in [0, 0.05) is 41.0 Å². The average molecular weight is 435 g/mol. The van der Waals surface area contributed by atoms with Gasteiger partial charge in [-0.3, -0.25) is 9.59 Å². The largest absolute Gasteiger partial charge is 0.339 e. The van der Waals surface area contributed by atoms with Crippen LogP contribution in [0.3, 0.4) is 0 Å². The maximum atomic E-state index is 12.8. The van der Waals surface area contributed by atoms with E-state index in [1.165, 1.54) is 4.88 Å². The summed E-state index contributed by atoms with van der Waals surface area (Å²) >= 11 is 5.06. The second-order valence-corrected chi connectivity index (χ2v) is 8.61. The molecule has 1 saturated heterocycles. The minimum atomic E-state index is -0.00335. The van der Waals surface area contributed by atoms with Crippen LogP contribution in [0.25, 0.3) is 0 Å². The monoisotopic (exact) mass is 434 g/mol. The Morgan fingerprint density at radius 2 is 1.85 bits per heavy atom. The molecule has 0 N–H and O–H groups in total. The quantitative estimate of drug-likeness (QED) is 0.706. The van der Waals surface area contributed by atoms with Crippen molar-refractivity contribution >= 4 is 39.1 Å². The first kappa shape index (κ1) is 19.1.